The third-order valence-corrected chi connectivity index (χ3v) is 2.18. The van der Waals surface area contributed by atoms with Crippen LogP contribution in [0.5, 0.6) is 0 Å². The lowest BCUT2D eigenvalue weighted by Crippen LogP contribution is -1.93. The van der Waals surface area contributed by atoms with Gasteiger partial charge in [0.1, 0.15) is 0 Å². The van der Waals surface area contributed by atoms with E-state index in [9.17, 15) is 0 Å². The van der Waals surface area contributed by atoms with Crippen LogP contribution < -0.4 is 5.73 Å². The van der Waals surface area contributed by atoms with Crippen LogP contribution in [0.25, 0.3) is 5.65 Å². The van der Waals surface area contributed by atoms with Gasteiger partial charge in [-0.2, -0.15) is 0 Å². The van der Waals surface area contributed by atoms with Gasteiger partial charge < -0.3 is 10.1 Å². The summed E-state index contributed by atoms with van der Waals surface area (Å²) in [7, 11) is 0. The van der Waals surface area contributed by atoms with Gasteiger partial charge in [-0.15, -0.1) is 0 Å². The molecule has 3 nitrogen and oxygen atoms in total. The summed E-state index contributed by atoms with van der Waals surface area (Å²) in [5.74, 6) is 0.626. The van der Waals surface area contributed by atoms with Gasteiger partial charge in [0.2, 0.25) is 0 Å². The Morgan fingerprint density at radius 3 is 2.93 bits per heavy atom. The van der Waals surface area contributed by atoms with Gasteiger partial charge in [0, 0.05) is 12.4 Å². The minimum Gasteiger partial charge on any atom is -0.396 e. The third kappa shape index (κ3) is 1.58. The molecule has 0 unspecified atom stereocenters. The van der Waals surface area contributed by atoms with Crippen LogP contribution in [0.3, 0.4) is 0 Å². The summed E-state index contributed by atoms with van der Waals surface area (Å²) in [5.41, 5.74) is 8.53. The molecule has 74 valence electrons. The highest BCUT2D eigenvalue weighted by molar-refractivity contribution is 5.64. The van der Waals surface area contributed by atoms with Crippen molar-refractivity contribution in [2.75, 3.05) is 5.73 Å². The lowest BCUT2D eigenvalue weighted by molar-refractivity contribution is 0.638. The topological polar surface area (TPSA) is 43.3 Å². The number of hydrogen-bond donors (Lipinski definition) is 1. The Kier molecular flexibility index (Phi) is 2.15. The first-order valence-corrected chi connectivity index (χ1v) is 4.89. The van der Waals surface area contributed by atoms with E-state index in [1.807, 2.05) is 28.9 Å². The predicted molar refractivity (Wildman–Crippen MR) is 58.1 cm³/mol. The van der Waals surface area contributed by atoms with Gasteiger partial charge >= 0.3 is 0 Å². The predicted octanol–water partition coefficient (Wildman–Crippen LogP) is 2.12. The summed E-state index contributed by atoms with van der Waals surface area (Å²) in [4.78, 5) is 4.49. The smallest absolute Gasteiger partial charge is 0.160 e. The summed E-state index contributed by atoms with van der Waals surface area (Å²) in [6.45, 7) is 4.38. The molecule has 0 amide bonds. The van der Waals surface area contributed by atoms with Crippen molar-refractivity contribution < 1.29 is 0 Å². The van der Waals surface area contributed by atoms with Crippen molar-refractivity contribution in [1.29, 1.82) is 0 Å². The molecule has 0 aliphatic rings. The van der Waals surface area contributed by atoms with Crippen molar-refractivity contribution in [2.24, 2.45) is 5.92 Å². The third-order valence-electron chi connectivity index (χ3n) is 2.18. The Bertz CT molecular complexity index is 443. The van der Waals surface area contributed by atoms with Gasteiger partial charge in [0.15, 0.2) is 5.65 Å². The van der Waals surface area contributed by atoms with E-state index < -0.39 is 0 Å². The monoisotopic (exact) mass is 189 g/mol. The molecule has 2 aromatic heterocycles. The molecule has 2 rings (SSSR count). The molecule has 3 heteroatoms. The van der Waals surface area contributed by atoms with Crippen molar-refractivity contribution >= 4 is 11.3 Å². The fourth-order valence-corrected chi connectivity index (χ4v) is 1.60. The van der Waals surface area contributed by atoms with Crippen LogP contribution in [0.1, 0.15) is 19.5 Å². The van der Waals surface area contributed by atoms with Crippen LogP contribution in [0.4, 0.5) is 5.69 Å². The van der Waals surface area contributed by atoms with E-state index in [0.717, 1.165) is 23.4 Å². The Morgan fingerprint density at radius 1 is 1.50 bits per heavy atom. The summed E-state index contributed by atoms with van der Waals surface area (Å²) in [6.07, 6.45) is 5.02. The largest absolute Gasteiger partial charge is 0.396 e. The molecule has 2 heterocycles. The van der Waals surface area contributed by atoms with E-state index in [2.05, 4.69) is 18.8 Å². The molecule has 0 radical (unpaired) electrons. The lowest BCUT2D eigenvalue weighted by atomic mass is 10.1. The van der Waals surface area contributed by atoms with Crippen LogP contribution in [-0.2, 0) is 6.42 Å². The van der Waals surface area contributed by atoms with Crippen LogP contribution in [0, 0.1) is 5.92 Å². The fourth-order valence-electron chi connectivity index (χ4n) is 1.60. The molecule has 0 fully saturated rings. The van der Waals surface area contributed by atoms with Gasteiger partial charge in [0.05, 0.1) is 11.4 Å². The summed E-state index contributed by atoms with van der Waals surface area (Å²) < 4.78 is 1.98. The standard InChI is InChI=1S/C11H15N3/c1-8(2)6-9-7-14-5-3-4-10(12)11(14)13-9/h3-5,7-8H,6,12H2,1-2H3. The molecule has 0 spiro atoms. The molecule has 0 aromatic carbocycles. The molecule has 0 saturated carbocycles. The number of nitrogens with two attached hydrogens (primary N) is 1. The number of fused-ring (bicyclic) bond motifs is 1. The molecule has 0 atom stereocenters. The number of nitrogen functional groups attached to an aromatic ring is 1. The number of rotatable bonds is 2. The van der Waals surface area contributed by atoms with E-state index in [0.29, 0.717) is 5.92 Å². The number of anilines is 1. The number of aromatic nitrogens is 2. The second-order valence-electron chi connectivity index (χ2n) is 4.02. The maximum atomic E-state index is 5.82. The number of pyridine rings is 1. The van der Waals surface area contributed by atoms with Crippen molar-refractivity contribution in [3.63, 3.8) is 0 Å². The highest BCUT2D eigenvalue weighted by Gasteiger charge is 2.05. The molecule has 2 N–H and O–H groups in total. The fraction of sp³-hybridized carbons (Fsp3) is 0.364. The Balaban J connectivity index is 2.46. The highest BCUT2D eigenvalue weighted by atomic mass is 15.0. The highest BCUT2D eigenvalue weighted by Crippen LogP contribution is 2.14. The minimum absolute atomic E-state index is 0.626. The SMILES string of the molecule is CC(C)Cc1cn2cccc(N)c2n1. The molecule has 2 aromatic rings. The minimum atomic E-state index is 0.626. The molecular weight excluding hydrogens is 174 g/mol. The van der Waals surface area contributed by atoms with Crippen molar-refractivity contribution in [2.45, 2.75) is 20.3 Å². The second kappa shape index (κ2) is 3.33. The maximum Gasteiger partial charge on any atom is 0.160 e. The Labute approximate surface area is 83.6 Å². The summed E-state index contributed by atoms with van der Waals surface area (Å²) in [6, 6.07) is 3.81. The number of imidazole rings is 1. The molecule has 0 aliphatic heterocycles. The van der Waals surface area contributed by atoms with Gasteiger partial charge in [-0.3, -0.25) is 0 Å². The number of hydrogen-bond acceptors (Lipinski definition) is 2. The second-order valence-corrected chi connectivity index (χ2v) is 4.02. The maximum absolute atomic E-state index is 5.82. The average Bonchev–Trinajstić information content (AvgIpc) is 2.47. The van der Waals surface area contributed by atoms with Crippen molar-refractivity contribution in [1.82, 2.24) is 9.38 Å². The van der Waals surface area contributed by atoms with Crippen molar-refractivity contribution in [3.8, 4) is 0 Å². The van der Waals surface area contributed by atoms with E-state index in [-0.39, 0.29) is 0 Å². The van der Waals surface area contributed by atoms with E-state index in [1.165, 1.54) is 0 Å². The normalized spacial score (nSPS) is 11.4. The van der Waals surface area contributed by atoms with Crippen LogP contribution in [0.2, 0.25) is 0 Å². The molecule has 0 bridgehead atoms. The Morgan fingerprint density at radius 2 is 2.29 bits per heavy atom. The molecular formula is C11H15N3. The van der Waals surface area contributed by atoms with E-state index >= 15 is 0 Å². The van der Waals surface area contributed by atoms with Crippen LogP contribution in [0.15, 0.2) is 24.5 Å². The van der Waals surface area contributed by atoms with Gasteiger partial charge in [-0.25, -0.2) is 4.98 Å². The molecule has 14 heavy (non-hydrogen) atoms. The first-order chi connectivity index (χ1) is 6.66. The summed E-state index contributed by atoms with van der Waals surface area (Å²) >= 11 is 0. The van der Waals surface area contributed by atoms with E-state index in [4.69, 9.17) is 5.73 Å². The first-order valence-electron chi connectivity index (χ1n) is 4.89. The zero-order valence-electron chi connectivity index (χ0n) is 8.57. The average molecular weight is 189 g/mol. The van der Waals surface area contributed by atoms with Crippen LogP contribution >= 0.6 is 0 Å². The summed E-state index contributed by atoms with van der Waals surface area (Å²) in [5, 5.41) is 0. The number of nitrogens with zero attached hydrogens (tertiary/aromatic N) is 2. The molecule has 0 saturated heterocycles. The quantitative estimate of drug-likeness (QED) is 0.786. The first kappa shape index (κ1) is 9.06. The molecule has 0 aliphatic carbocycles. The Hall–Kier alpha value is -1.51. The zero-order valence-corrected chi connectivity index (χ0v) is 8.57. The zero-order chi connectivity index (χ0) is 10.1. The van der Waals surface area contributed by atoms with E-state index in [1.54, 1.807) is 0 Å². The van der Waals surface area contributed by atoms with Gasteiger partial charge in [-0.05, 0) is 24.5 Å². The lowest BCUT2D eigenvalue weighted by Gasteiger charge is -1.97. The van der Waals surface area contributed by atoms with Gasteiger partial charge in [-0.1, -0.05) is 13.8 Å². The van der Waals surface area contributed by atoms with Crippen molar-refractivity contribution in [3.05, 3.63) is 30.2 Å². The van der Waals surface area contributed by atoms with Gasteiger partial charge in [0.25, 0.3) is 0 Å². The van der Waals surface area contributed by atoms with Crippen LogP contribution in [-0.4, -0.2) is 9.38 Å².